The van der Waals surface area contributed by atoms with E-state index in [4.69, 9.17) is 5.73 Å². The highest BCUT2D eigenvalue weighted by Crippen LogP contribution is 2.14. The Hall–Kier alpha value is -1.31. The molecule has 0 saturated heterocycles. The minimum atomic E-state index is 0.805. The summed E-state index contributed by atoms with van der Waals surface area (Å²) in [6.45, 7) is 6.88. The summed E-state index contributed by atoms with van der Waals surface area (Å²) in [5, 5.41) is 0. The van der Waals surface area contributed by atoms with Crippen molar-refractivity contribution in [2.24, 2.45) is 4.99 Å². The summed E-state index contributed by atoms with van der Waals surface area (Å²) in [6, 6.07) is 6.02. The maximum atomic E-state index is 5.84. The van der Waals surface area contributed by atoms with Crippen LogP contribution < -0.4 is 5.73 Å². The average molecular weight is 176 g/mol. The zero-order chi connectivity index (χ0) is 9.84. The largest absolute Gasteiger partial charge is 0.398 e. The summed E-state index contributed by atoms with van der Waals surface area (Å²) >= 11 is 0. The van der Waals surface area contributed by atoms with Gasteiger partial charge in [0.1, 0.15) is 0 Å². The molecule has 0 amide bonds. The molecular weight excluding hydrogens is 160 g/mol. The van der Waals surface area contributed by atoms with Gasteiger partial charge >= 0.3 is 0 Å². The van der Waals surface area contributed by atoms with Crippen molar-refractivity contribution in [1.29, 1.82) is 0 Å². The van der Waals surface area contributed by atoms with E-state index in [2.05, 4.69) is 18.0 Å². The van der Waals surface area contributed by atoms with Gasteiger partial charge in [0.25, 0.3) is 0 Å². The molecular formula is C11H16N2. The van der Waals surface area contributed by atoms with Crippen LogP contribution in [-0.4, -0.2) is 12.3 Å². The van der Waals surface area contributed by atoms with E-state index >= 15 is 0 Å². The van der Waals surface area contributed by atoms with Crippen LogP contribution in [0.3, 0.4) is 0 Å². The number of anilines is 1. The molecule has 0 aromatic heterocycles. The van der Waals surface area contributed by atoms with Crippen LogP contribution in [0, 0.1) is 6.92 Å². The van der Waals surface area contributed by atoms with E-state index in [1.807, 2.05) is 26.0 Å². The fourth-order valence-corrected chi connectivity index (χ4v) is 1.31. The molecule has 0 atom stereocenters. The van der Waals surface area contributed by atoms with Crippen molar-refractivity contribution in [3.05, 3.63) is 29.3 Å². The van der Waals surface area contributed by atoms with Gasteiger partial charge in [-0.05, 0) is 32.9 Å². The topological polar surface area (TPSA) is 38.4 Å². The molecule has 1 rings (SSSR count). The van der Waals surface area contributed by atoms with Gasteiger partial charge in [0.05, 0.1) is 0 Å². The van der Waals surface area contributed by atoms with Crippen LogP contribution in [-0.2, 0) is 0 Å². The lowest BCUT2D eigenvalue weighted by atomic mass is 10.1. The maximum Gasteiger partial charge on any atom is 0.0410 e. The van der Waals surface area contributed by atoms with Gasteiger partial charge in [0.2, 0.25) is 0 Å². The Morgan fingerprint density at radius 1 is 1.46 bits per heavy atom. The first kappa shape index (κ1) is 9.78. The van der Waals surface area contributed by atoms with Gasteiger partial charge in [-0.15, -0.1) is 0 Å². The summed E-state index contributed by atoms with van der Waals surface area (Å²) in [5.41, 5.74) is 9.94. The molecule has 0 fully saturated rings. The molecule has 2 nitrogen and oxygen atoms in total. The first-order valence-corrected chi connectivity index (χ1v) is 4.52. The number of rotatable bonds is 2. The van der Waals surface area contributed by atoms with Crippen molar-refractivity contribution >= 4 is 11.4 Å². The molecule has 2 N–H and O–H groups in total. The van der Waals surface area contributed by atoms with Crippen LogP contribution in [0.1, 0.15) is 25.0 Å². The van der Waals surface area contributed by atoms with Crippen LogP contribution >= 0.6 is 0 Å². The predicted octanol–water partition coefficient (Wildman–Crippen LogP) is 2.41. The third-order valence-electron chi connectivity index (χ3n) is 1.99. The molecule has 0 spiro atoms. The smallest absolute Gasteiger partial charge is 0.0410 e. The summed E-state index contributed by atoms with van der Waals surface area (Å²) in [5.74, 6) is 0. The van der Waals surface area contributed by atoms with Crippen molar-refractivity contribution in [2.75, 3.05) is 12.3 Å². The molecule has 0 saturated carbocycles. The number of aliphatic imine (C=N–C) groups is 1. The molecule has 0 radical (unpaired) electrons. The van der Waals surface area contributed by atoms with Gasteiger partial charge < -0.3 is 5.73 Å². The van der Waals surface area contributed by atoms with Gasteiger partial charge in [0.15, 0.2) is 0 Å². The lowest BCUT2D eigenvalue weighted by molar-refractivity contribution is 1.13. The first-order valence-electron chi connectivity index (χ1n) is 4.52. The Kier molecular flexibility index (Phi) is 3.07. The van der Waals surface area contributed by atoms with Gasteiger partial charge in [-0.2, -0.15) is 0 Å². The van der Waals surface area contributed by atoms with E-state index in [0.29, 0.717) is 0 Å². The van der Waals surface area contributed by atoms with Crippen molar-refractivity contribution in [2.45, 2.75) is 20.8 Å². The third-order valence-corrected chi connectivity index (χ3v) is 1.99. The number of benzene rings is 1. The number of aryl methyl sites for hydroxylation is 1. The molecule has 70 valence electrons. The van der Waals surface area contributed by atoms with E-state index in [9.17, 15) is 0 Å². The van der Waals surface area contributed by atoms with Gasteiger partial charge in [-0.25, -0.2) is 0 Å². The normalized spacial score (nSPS) is 11.8. The molecule has 0 bridgehead atoms. The van der Waals surface area contributed by atoms with Crippen molar-refractivity contribution in [3.63, 3.8) is 0 Å². The lowest BCUT2D eigenvalue weighted by Crippen LogP contribution is -2.01. The van der Waals surface area contributed by atoms with E-state index in [-0.39, 0.29) is 0 Å². The Balaban J connectivity index is 3.13. The van der Waals surface area contributed by atoms with Crippen LogP contribution in [0.25, 0.3) is 0 Å². The SMILES string of the molecule is CCN=C(C)c1cc(C)ccc1N. The van der Waals surface area contributed by atoms with Crippen molar-refractivity contribution in [1.82, 2.24) is 0 Å². The number of nitrogen functional groups attached to an aromatic ring is 1. The maximum absolute atomic E-state index is 5.84. The number of hydrogen-bond acceptors (Lipinski definition) is 2. The molecule has 0 heterocycles. The van der Waals surface area contributed by atoms with E-state index in [1.54, 1.807) is 0 Å². The van der Waals surface area contributed by atoms with Crippen LogP contribution in [0.4, 0.5) is 5.69 Å². The van der Waals surface area contributed by atoms with Crippen LogP contribution in [0.5, 0.6) is 0 Å². The van der Waals surface area contributed by atoms with Crippen LogP contribution in [0.15, 0.2) is 23.2 Å². The molecule has 13 heavy (non-hydrogen) atoms. The number of nitrogens with two attached hydrogens (primary N) is 1. The van der Waals surface area contributed by atoms with E-state index in [1.165, 1.54) is 5.56 Å². The summed E-state index contributed by atoms with van der Waals surface area (Å²) in [7, 11) is 0. The zero-order valence-corrected chi connectivity index (χ0v) is 8.46. The highest BCUT2D eigenvalue weighted by Gasteiger charge is 2.01. The molecule has 0 aliphatic rings. The third kappa shape index (κ3) is 2.31. The molecule has 0 aliphatic carbocycles. The molecule has 2 heteroatoms. The van der Waals surface area contributed by atoms with Gasteiger partial charge in [-0.3, -0.25) is 4.99 Å². The fourth-order valence-electron chi connectivity index (χ4n) is 1.31. The molecule has 1 aromatic carbocycles. The van der Waals surface area contributed by atoms with E-state index in [0.717, 1.165) is 23.5 Å². The second-order valence-corrected chi connectivity index (χ2v) is 3.15. The molecule has 0 aliphatic heterocycles. The number of nitrogens with zero attached hydrogens (tertiary/aromatic N) is 1. The standard InChI is InChI=1S/C11H16N2/c1-4-13-9(3)10-7-8(2)5-6-11(10)12/h5-7H,4,12H2,1-3H3. The Morgan fingerprint density at radius 3 is 2.77 bits per heavy atom. The van der Waals surface area contributed by atoms with Crippen LogP contribution in [0.2, 0.25) is 0 Å². The number of hydrogen-bond donors (Lipinski definition) is 1. The minimum absolute atomic E-state index is 0.805. The quantitative estimate of drug-likeness (QED) is 0.545. The van der Waals surface area contributed by atoms with Crippen molar-refractivity contribution in [3.8, 4) is 0 Å². The minimum Gasteiger partial charge on any atom is -0.398 e. The van der Waals surface area contributed by atoms with Gasteiger partial charge in [0, 0.05) is 23.5 Å². The Morgan fingerprint density at radius 2 is 2.15 bits per heavy atom. The average Bonchev–Trinajstić information content (AvgIpc) is 2.09. The zero-order valence-electron chi connectivity index (χ0n) is 8.46. The molecule has 1 aromatic rings. The van der Waals surface area contributed by atoms with E-state index < -0.39 is 0 Å². The van der Waals surface area contributed by atoms with Gasteiger partial charge in [-0.1, -0.05) is 11.6 Å². The highest BCUT2D eigenvalue weighted by atomic mass is 14.7. The summed E-state index contributed by atoms with van der Waals surface area (Å²) in [4.78, 5) is 4.33. The lowest BCUT2D eigenvalue weighted by Gasteiger charge is -2.05. The monoisotopic (exact) mass is 176 g/mol. The predicted molar refractivity (Wildman–Crippen MR) is 58.3 cm³/mol. The van der Waals surface area contributed by atoms with Crippen molar-refractivity contribution < 1.29 is 0 Å². The molecule has 0 unspecified atom stereocenters. The second kappa shape index (κ2) is 4.08. The second-order valence-electron chi connectivity index (χ2n) is 3.15. The fraction of sp³-hybridized carbons (Fsp3) is 0.364. The Bertz CT molecular complexity index is 327. The highest BCUT2D eigenvalue weighted by molar-refractivity contribution is 6.03. The summed E-state index contributed by atoms with van der Waals surface area (Å²) in [6.07, 6.45) is 0. The first-order chi connectivity index (χ1) is 6.15. The Labute approximate surface area is 79.5 Å². The summed E-state index contributed by atoms with van der Waals surface area (Å²) < 4.78 is 0.